The van der Waals surface area contributed by atoms with Crippen molar-refractivity contribution in [1.29, 1.82) is 0 Å². The standard InChI is InChI=1S/C19H21F3N2O/c20-16-3-1-2-14(19(16)22)12-23-11-13-4-5-18(17(21)10-13)24-8-6-15(25)7-9-24/h1-5,10,15,23,25H,6-9,11-12H2. The van der Waals surface area contributed by atoms with Crippen molar-refractivity contribution in [2.24, 2.45) is 0 Å². The first-order valence-corrected chi connectivity index (χ1v) is 8.39. The van der Waals surface area contributed by atoms with Gasteiger partial charge < -0.3 is 15.3 Å². The fraction of sp³-hybridized carbons (Fsp3) is 0.368. The van der Waals surface area contributed by atoms with Crippen molar-refractivity contribution in [2.45, 2.75) is 32.0 Å². The Kier molecular flexibility index (Phi) is 5.60. The molecule has 0 spiro atoms. The van der Waals surface area contributed by atoms with E-state index in [4.69, 9.17) is 0 Å². The molecule has 3 nitrogen and oxygen atoms in total. The Labute approximate surface area is 145 Å². The zero-order valence-electron chi connectivity index (χ0n) is 13.8. The molecule has 0 saturated carbocycles. The van der Waals surface area contributed by atoms with Gasteiger partial charge in [0.25, 0.3) is 0 Å². The number of aliphatic hydroxyl groups excluding tert-OH is 1. The summed E-state index contributed by atoms with van der Waals surface area (Å²) in [6.45, 7) is 1.78. The first kappa shape index (κ1) is 17.8. The summed E-state index contributed by atoms with van der Waals surface area (Å²) in [5, 5.41) is 12.5. The van der Waals surface area contributed by atoms with E-state index < -0.39 is 11.6 Å². The molecule has 6 heteroatoms. The first-order chi connectivity index (χ1) is 12.0. The van der Waals surface area contributed by atoms with Gasteiger partial charge in [0, 0.05) is 31.7 Å². The summed E-state index contributed by atoms with van der Waals surface area (Å²) in [6.07, 6.45) is 0.982. The summed E-state index contributed by atoms with van der Waals surface area (Å²) < 4.78 is 41.1. The van der Waals surface area contributed by atoms with Gasteiger partial charge in [0.15, 0.2) is 11.6 Å². The van der Waals surface area contributed by atoms with Crippen molar-refractivity contribution in [2.75, 3.05) is 18.0 Å². The highest BCUT2D eigenvalue weighted by Crippen LogP contribution is 2.24. The second kappa shape index (κ2) is 7.89. The first-order valence-electron chi connectivity index (χ1n) is 8.39. The fourth-order valence-corrected chi connectivity index (χ4v) is 3.05. The van der Waals surface area contributed by atoms with Gasteiger partial charge in [0.1, 0.15) is 5.82 Å². The quantitative estimate of drug-likeness (QED) is 0.868. The molecule has 2 aromatic carbocycles. The number of nitrogens with one attached hydrogen (secondary N) is 1. The van der Waals surface area contributed by atoms with Crippen molar-refractivity contribution in [3.05, 3.63) is 65.0 Å². The monoisotopic (exact) mass is 350 g/mol. The third-order valence-electron chi connectivity index (χ3n) is 4.49. The molecule has 0 aromatic heterocycles. The van der Waals surface area contributed by atoms with E-state index in [-0.39, 0.29) is 24.0 Å². The second-order valence-electron chi connectivity index (χ2n) is 6.32. The van der Waals surface area contributed by atoms with Crippen LogP contribution in [-0.2, 0) is 13.1 Å². The zero-order chi connectivity index (χ0) is 17.8. The van der Waals surface area contributed by atoms with Crippen LogP contribution in [0.1, 0.15) is 24.0 Å². The lowest BCUT2D eigenvalue weighted by molar-refractivity contribution is 0.145. The van der Waals surface area contributed by atoms with Crippen LogP contribution in [-0.4, -0.2) is 24.3 Å². The molecule has 0 bridgehead atoms. The van der Waals surface area contributed by atoms with Crippen molar-refractivity contribution in [3.63, 3.8) is 0 Å². The second-order valence-corrected chi connectivity index (χ2v) is 6.32. The lowest BCUT2D eigenvalue weighted by atomic mass is 10.1. The SMILES string of the molecule is OC1CCN(c2ccc(CNCc3cccc(F)c3F)cc2F)CC1. The number of halogens is 3. The largest absolute Gasteiger partial charge is 0.393 e. The van der Waals surface area contributed by atoms with Crippen molar-refractivity contribution in [1.82, 2.24) is 5.32 Å². The van der Waals surface area contributed by atoms with Gasteiger partial charge in [0.05, 0.1) is 11.8 Å². The Hall–Kier alpha value is -2.05. The molecule has 1 aliphatic heterocycles. The lowest BCUT2D eigenvalue weighted by Gasteiger charge is -2.31. The highest BCUT2D eigenvalue weighted by atomic mass is 19.2. The van der Waals surface area contributed by atoms with Crippen LogP contribution < -0.4 is 10.2 Å². The molecular weight excluding hydrogens is 329 g/mol. The molecule has 0 unspecified atom stereocenters. The molecule has 0 atom stereocenters. The molecule has 0 amide bonds. The van der Waals surface area contributed by atoms with E-state index in [1.165, 1.54) is 18.2 Å². The predicted octanol–water partition coefficient (Wildman–Crippen LogP) is 3.35. The molecule has 1 fully saturated rings. The van der Waals surface area contributed by atoms with Crippen molar-refractivity contribution >= 4 is 5.69 Å². The number of nitrogens with zero attached hydrogens (tertiary/aromatic N) is 1. The minimum Gasteiger partial charge on any atom is -0.393 e. The van der Waals surface area contributed by atoms with Gasteiger partial charge in [-0.2, -0.15) is 0 Å². The lowest BCUT2D eigenvalue weighted by Crippen LogP contribution is -2.36. The molecule has 1 heterocycles. The van der Waals surface area contributed by atoms with E-state index >= 15 is 0 Å². The summed E-state index contributed by atoms with van der Waals surface area (Å²) in [6, 6.07) is 9.05. The van der Waals surface area contributed by atoms with Gasteiger partial charge in [-0.05, 0) is 36.6 Å². The van der Waals surface area contributed by atoms with E-state index in [0.29, 0.717) is 38.2 Å². The minimum atomic E-state index is -0.874. The molecular formula is C19H21F3N2O. The number of piperidine rings is 1. The third kappa shape index (κ3) is 4.32. The summed E-state index contributed by atoms with van der Waals surface area (Å²) in [4.78, 5) is 1.93. The molecule has 1 saturated heterocycles. The predicted molar refractivity (Wildman–Crippen MR) is 90.8 cm³/mol. The van der Waals surface area contributed by atoms with Crippen LogP contribution in [0.3, 0.4) is 0 Å². The van der Waals surface area contributed by atoms with Crippen LogP contribution in [0.15, 0.2) is 36.4 Å². The number of anilines is 1. The molecule has 134 valence electrons. The Morgan fingerprint density at radius 3 is 2.48 bits per heavy atom. The van der Waals surface area contributed by atoms with Gasteiger partial charge in [0.2, 0.25) is 0 Å². The van der Waals surface area contributed by atoms with E-state index in [1.807, 2.05) is 11.0 Å². The van der Waals surface area contributed by atoms with Crippen molar-refractivity contribution in [3.8, 4) is 0 Å². The van der Waals surface area contributed by atoms with Crippen molar-refractivity contribution < 1.29 is 18.3 Å². The molecule has 25 heavy (non-hydrogen) atoms. The normalized spacial score (nSPS) is 15.6. The molecule has 3 rings (SSSR count). The van der Waals surface area contributed by atoms with Gasteiger partial charge in [-0.15, -0.1) is 0 Å². The Morgan fingerprint density at radius 1 is 1.00 bits per heavy atom. The van der Waals surface area contributed by atoms with Crippen LogP contribution in [0.25, 0.3) is 0 Å². The highest BCUT2D eigenvalue weighted by molar-refractivity contribution is 5.49. The van der Waals surface area contributed by atoms with Crippen LogP contribution in [0.2, 0.25) is 0 Å². The van der Waals surface area contributed by atoms with Gasteiger partial charge in [-0.25, -0.2) is 13.2 Å². The van der Waals surface area contributed by atoms with E-state index in [9.17, 15) is 18.3 Å². The summed E-state index contributed by atoms with van der Waals surface area (Å²) in [5.74, 6) is -2.04. The molecule has 0 radical (unpaired) electrons. The van der Waals surface area contributed by atoms with Gasteiger partial charge in [-0.1, -0.05) is 18.2 Å². The maximum absolute atomic E-state index is 14.4. The highest BCUT2D eigenvalue weighted by Gasteiger charge is 2.19. The number of hydrogen-bond donors (Lipinski definition) is 2. The van der Waals surface area contributed by atoms with Gasteiger partial charge in [-0.3, -0.25) is 0 Å². The fourth-order valence-electron chi connectivity index (χ4n) is 3.05. The Balaban J connectivity index is 1.58. The molecule has 2 N–H and O–H groups in total. The van der Waals surface area contributed by atoms with Crippen LogP contribution in [0.4, 0.5) is 18.9 Å². The Morgan fingerprint density at radius 2 is 1.76 bits per heavy atom. The summed E-state index contributed by atoms with van der Waals surface area (Å²) in [7, 11) is 0. The van der Waals surface area contributed by atoms with E-state index in [1.54, 1.807) is 6.07 Å². The summed E-state index contributed by atoms with van der Waals surface area (Å²) >= 11 is 0. The van der Waals surface area contributed by atoms with Gasteiger partial charge >= 0.3 is 0 Å². The molecule has 0 aliphatic carbocycles. The summed E-state index contributed by atoms with van der Waals surface area (Å²) in [5.41, 5.74) is 1.51. The van der Waals surface area contributed by atoms with E-state index in [0.717, 1.165) is 11.6 Å². The average Bonchev–Trinajstić information content (AvgIpc) is 2.60. The maximum Gasteiger partial charge on any atom is 0.163 e. The zero-order valence-corrected chi connectivity index (χ0v) is 13.8. The maximum atomic E-state index is 14.4. The molecule has 1 aliphatic rings. The number of hydrogen-bond acceptors (Lipinski definition) is 3. The van der Waals surface area contributed by atoms with Crippen LogP contribution >= 0.6 is 0 Å². The molecule has 2 aromatic rings. The Bertz CT molecular complexity index is 731. The number of aliphatic hydroxyl groups is 1. The third-order valence-corrected chi connectivity index (χ3v) is 4.49. The van der Waals surface area contributed by atoms with E-state index in [2.05, 4.69) is 5.32 Å². The number of rotatable bonds is 5. The number of benzene rings is 2. The average molecular weight is 350 g/mol. The minimum absolute atomic E-state index is 0.164. The van der Waals surface area contributed by atoms with Crippen LogP contribution in [0.5, 0.6) is 0 Å². The van der Waals surface area contributed by atoms with Crippen LogP contribution in [0, 0.1) is 17.5 Å². The topological polar surface area (TPSA) is 35.5 Å². The smallest absolute Gasteiger partial charge is 0.163 e.